The van der Waals surface area contributed by atoms with Gasteiger partial charge in [0.2, 0.25) is 0 Å². The maximum absolute atomic E-state index is 5.71. The molecule has 0 aliphatic heterocycles. The van der Waals surface area contributed by atoms with Crippen molar-refractivity contribution >= 4 is 11.0 Å². The summed E-state index contributed by atoms with van der Waals surface area (Å²) < 4.78 is 11.0. The molecule has 0 saturated carbocycles. The van der Waals surface area contributed by atoms with Crippen LogP contribution in [0.5, 0.6) is 5.75 Å². The number of nitrogens with two attached hydrogens (primary N) is 1. The maximum atomic E-state index is 5.71. The van der Waals surface area contributed by atoms with Crippen LogP contribution in [-0.4, -0.2) is 6.23 Å². The predicted octanol–water partition coefficient (Wildman–Crippen LogP) is 2.81. The first-order valence-electron chi connectivity index (χ1n) is 5.11. The molecule has 15 heavy (non-hydrogen) atoms. The van der Waals surface area contributed by atoms with Crippen LogP contribution >= 0.6 is 0 Å². The number of ether oxygens (including phenoxy) is 1. The summed E-state index contributed by atoms with van der Waals surface area (Å²) in [6, 6.07) is 7.71. The molecule has 0 spiro atoms. The molecule has 0 aliphatic carbocycles. The molecule has 2 aromatic rings. The highest BCUT2D eigenvalue weighted by molar-refractivity contribution is 5.79. The van der Waals surface area contributed by atoms with Crippen LogP contribution < -0.4 is 10.5 Å². The zero-order valence-corrected chi connectivity index (χ0v) is 8.99. The molecule has 0 amide bonds. The van der Waals surface area contributed by atoms with E-state index in [0.717, 1.165) is 28.9 Å². The molecular formula is C12H15NO2. The Bertz CT molecular complexity index is 462. The minimum Gasteiger partial charge on any atom is -0.476 e. The van der Waals surface area contributed by atoms with Crippen molar-refractivity contribution in [2.24, 2.45) is 5.73 Å². The van der Waals surface area contributed by atoms with E-state index in [4.69, 9.17) is 14.9 Å². The smallest absolute Gasteiger partial charge is 0.147 e. The first-order valence-corrected chi connectivity index (χ1v) is 5.11. The Kier molecular flexibility index (Phi) is 2.64. The van der Waals surface area contributed by atoms with Gasteiger partial charge in [0.05, 0.1) is 0 Å². The quantitative estimate of drug-likeness (QED) is 0.784. The molecule has 0 aliphatic rings. The zero-order chi connectivity index (χ0) is 10.8. The van der Waals surface area contributed by atoms with Crippen LogP contribution in [0.25, 0.3) is 11.0 Å². The van der Waals surface area contributed by atoms with Gasteiger partial charge in [-0.2, -0.15) is 0 Å². The Morgan fingerprint density at radius 3 is 2.93 bits per heavy atom. The summed E-state index contributed by atoms with van der Waals surface area (Å²) in [4.78, 5) is 0. The molecule has 2 N–H and O–H groups in total. The number of fused-ring (bicyclic) bond motifs is 1. The largest absolute Gasteiger partial charge is 0.476 e. The van der Waals surface area contributed by atoms with E-state index in [1.165, 1.54) is 0 Å². The number of benzene rings is 1. The van der Waals surface area contributed by atoms with E-state index >= 15 is 0 Å². The van der Waals surface area contributed by atoms with Crippen LogP contribution in [0, 0.1) is 6.92 Å². The van der Waals surface area contributed by atoms with E-state index in [9.17, 15) is 0 Å². The van der Waals surface area contributed by atoms with Crippen molar-refractivity contribution < 1.29 is 9.15 Å². The van der Waals surface area contributed by atoms with Gasteiger partial charge in [-0.15, -0.1) is 0 Å². The minimum atomic E-state index is -0.240. The molecule has 2 rings (SSSR count). The van der Waals surface area contributed by atoms with Gasteiger partial charge in [0.15, 0.2) is 0 Å². The molecule has 0 bridgehead atoms. The van der Waals surface area contributed by atoms with Crippen molar-refractivity contribution in [3.63, 3.8) is 0 Å². The van der Waals surface area contributed by atoms with Crippen LogP contribution in [0.4, 0.5) is 0 Å². The molecule has 0 fully saturated rings. The summed E-state index contributed by atoms with van der Waals surface area (Å²) in [6.45, 7) is 3.92. The minimum absolute atomic E-state index is 0.240. The topological polar surface area (TPSA) is 48.4 Å². The van der Waals surface area contributed by atoms with Crippen molar-refractivity contribution in [3.8, 4) is 5.75 Å². The maximum Gasteiger partial charge on any atom is 0.147 e. The Labute approximate surface area is 88.8 Å². The van der Waals surface area contributed by atoms with E-state index in [-0.39, 0.29) is 6.23 Å². The molecule has 1 unspecified atom stereocenters. The fraction of sp³-hybridized carbons (Fsp3) is 0.333. The van der Waals surface area contributed by atoms with E-state index in [1.807, 2.05) is 38.1 Å². The van der Waals surface area contributed by atoms with Gasteiger partial charge >= 0.3 is 0 Å². The second-order valence-corrected chi connectivity index (χ2v) is 3.62. The van der Waals surface area contributed by atoms with Gasteiger partial charge in [-0.3, -0.25) is 5.73 Å². The van der Waals surface area contributed by atoms with E-state index in [1.54, 1.807) is 0 Å². The van der Waals surface area contributed by atoms with Crippen LogP contribution in [0.2, 0.25) is 0 Å². The van der Waals surface area contributed by atoms with Crippen molar-refractivity contribution in [1.29, 1.82) is 0 Å². The lowest BCUT2D eigenvalue weighted by atomic mass is 10.2. The van der Waals surface area contributed by atoms with Crippen LogP contribution in [0.3, 0.4) is 0 Å². The van der Waals surface area contributed by atoms with Crippen molar-refractivity contribution in [2.75, 3.05) is 0 Å². The molecule has 1 aromatic carbocycles. The van der Waals surface area contributed by atoms with Crippen LogP contribution in [0.1, 0.15) is 19.1 Å². The van der Waals surface area contributed by atoms with E-state index in [0.29, 0.717) is 0 Å². The zero-order valence-electron chi connectivity index (χ0n) is 8.99. The monoisotopic (exact) mass is 205 g/mol. The van der Waals surface area contributed by atoms with Crippen LogP contribution in [0.15, 0.2) is 28.7 Å². The second kappa shape index (κ2) is 3.95. The fourth-order valence-electron chi connectivity index (χ4n) is 1.49. The second-order valence-electron chi connectivity index (χ2n) is 3.62. The van der Waals surface area contributed by atoms with E-state index in [2.05, 4.69) is 0 Å². The van der Waals surface area contributed by atoms with Crippen molar-refractivity contribution in [2.45, 2.75) is 26.5 Å². The lowest BCUT2D eigenvalue weighted by Gasteiger charge is -2.11. The Balaban J connectivity index is 2.30. The number of aryl methyl sites for hydroxylation is 1. The first-order chi connectivity index (χ1) is 7.19. The SMILES string of the molecule is CCC(N)Oc1ccc2oc(C)cc2c1. The highest BCUT2D eigenvalue weighted by Crippen LogP contribution is 2.24. The van der Waals surface area contributed by atoms with Gasteiger partial charge in [0.25, 0.3) is 0 Å². The van der Waals surface area contributed by atoms with E-state index < -0.39 is 0 Å². The van der Waals surface area contributed by atoms with Gasteiger partial charge in [0.1, 0.15) is 23.3 Å². The molecule has 3 heteroatoms. The highest BCUT2D eigenvalue weighted by Gasteiger charge is 2.04. The van der Waals surface area contributed by atoms with Crippen molar-refractivity contribution in [1.82, 2.24) is 0 Å². The molecule has 0 radical (unpaired) electrons. The van der Waals surface area contributed by atoms with Gasteiger partial charge in [-0.25, -0.2) is 0 Å². The molecule has 1 aromatic heterocycles. The molecule has 1 atom stereocenters. The van der Waals surface area contributed by atoms with Gasteiger partial charge < -0.3 is 9.15 Å². The third-order valence-corrected chi connectivity index (χ3v) is 2.30. The fourth-order valence-corrected chi connectivity index (χ4v) is 1.49. The molecule has 80 valence electrons. The first kappa shape index (κ1) is 10.1. The summed E-state index contributed by atoms with van der Waals surface area (Å²) >= 11 is 0. The standard InChI is InChI=1S/C12H15NO2/c1-3-12(13)15-10-4-5-11-9(7-10)6-8(2)14-11/h4-7,12H,3,13H2,1-2H3. The van der Waals surface area contributed by atoms with Gasteiger partial charge in [-0.1, -0.05) is 6.92 Å². The Hall–Kier alpha value is -1.48. The predicted molar refractivity (Wildman–Crippen MR) is 59.8 cm³/mol. The van der Waals surface area contributed by atoms with Gasteiger partial charge in [0, 0.05) is 5.39 Å². The number of hydrogen-bond acceptors (Lipinski definition) is 3. The summed E-state index contributed by atoms with van der Waals surface area (Å²) in [5, 5.41) is 1.05. The van der Waals surface area contributed by atoms with Crippen LogP contribution in [-0.2, 0) is 0 Å². The van der Waals surface area contributed by atoms with Crippen molar-refractivity contribution in [3.05, 3.63) is 30.0 Å². The molecular weight excluding hydrogens is 190 g/mol. The summed E-state index contributed by atoms with van der Waals surface area (Å²) in [7, 11) is 0. The lowest BCUT2D eigenvalue weighted by molar-refractivity contribution is 0.205. The molecule has 3 nitrogen and oxygen atoms in total. The third-order valence-electron chi connectivity index (χ3n) is 2.30. The lowest BCUT2D eigenvalue weighted by Crippen LogP contribution is -2.25. The normalized spacial score (nSPS) is 13.0. The average molecular weight is 205 g/mol. The van der Waals surface area contributed by atoms with Gasteiger partial charge in [-0.05, 0) is 37.6 Å². The number of furan rings is 1. The number of hydrogen-bond donors (Lipinski definition) is 1. The Morgan fingerprint density at radius 1 is 1.40 bits per heavy atom. The number of rotatable bonds is 3. The molecule has 0 saturated heterocycles. The summed E-state index contributed by atoms with van der Waals surface area (Å²) in [6.07, 6.45) is 0.554. The molecule has 1 heterocycles. The summed E-state index contributed by atoms with van der Waals surface area (Å²) in [5.41, 5.74) is 6.59. The average Bonchev–Trinajstić information content (AvgIpc) is 2.57. The Morgan fingerprint density at radius 2 is 2.20 bits per heavy atom. The third kappa shape index (κ3) is 2.13. The highest BCUT2D eigenvalue weighted by atomic mass is 16.5. The summed E-state index contributed by atoms with van der Waals surface area (Å²) in [5.74, 6) is 1.69.